The maximum atomic E-state index is 13.3. The van der Waals surface area contributed by atoms with Crippen LogP contribution in [0.2, 0.25) is 22.6 Å². The van der Waals surface area contributed by atoms with Crippen LogP contribution in [0.3, 0.4) is 0 Å². The van der Waals surface area contributed by atoms with E-state index in [4.69, 9.17) is 9.47 Å². The summed E-state index contributed by atoms with van der Waals surface area (Å²) in [6.45, 7) is 12.0. The summed E-state index contributed by atoms with van der Waals surface area (Å²) in [7, 11) is -1.88. The van der Waals surface area contributed by atoms with Gasteiger partial charge in [0.05, 0.1) is 0 Å². The first kappa shape index (κ1) is 25.8. The van der Waals surface area contributed by atoms with Crippen LogP contribution < -0.4 is 4.46 Å². The molecule has 0 bridgehead atoms. The minimum absolute atomic E-state index is 0.0363. The Bertz CT molecular complexity index is 751. The maximum absolute atomic E-state index is 13.3. The van der Waals surface area contributed by atoms with Crippen LogP contribution in [0.4, 0.5) is 0 Å². The molecule has 5 nitrogen and oxygen atoms in total. The summed E-state index contributed by atoms with van der Waals surface area (Å²) in [5.74, 6) is -2.28. The van der Waals surface area contributed by atoms with E-state index in [1.54, 1.807) is 13.8 Å². The summed E-state index contributed by atoms with van der Waals surface area (Å²) in [4.78, 5) is 39.3. The Kier molecular flexibility index (Phi) is 9.10. The van der Waals surface area contributed by atoms with Crippen molar-refractivity contribution in [1.82, 2.24) is 0 Å². The van der Waals surface area contributed by atoms with E-state index in [-0.39, 0.29) is 44.3 Å². The number of carbonyl (C=O) groups is 3. The summed E-state index contributed by atoms with van der Waals surface area (Å²) in [6.07, 6.45) is 0. The van der Waals surface area contributed by atoms with Crippen LogP contribution in [-0.2, 0) is 23.9 Å². The standard InChI is InChI=1S/C24H36O5SeSi/c1-7-28-22(26)24(23(27)29-8-2)19(17(6)25)20(24)21(31(9-3,10-4)11-5)30-18-15-13-12-14-16-18/h12-16,19-21H,7-11H2,1-6H3/t19-,20-,21-/m0/s1. The van der Waals surface area contributed by atoms with Crippen LogP contribution in [0.15, 0.2) is 30.3 Å². The van der Waals surface area contributed by atoms with Crippen molar-refractivity contribution in [1.29, 1.82) is 0 Å². The van der Waals surface area contributed by atoms with Crippen molar-refractivity contribution in [2.45, 2.75) is 64.1 Å². The molecule has 0 aliphatic heterocycles. The van der Waals surface area contributed by atoms with Crippen LogP contribution in [-0.4, -0.2) is 54.0 Å². The SMILES string of the molecule is CCOC(=O)C1(C(=O)OCC)[C@H]([C@@H]([Se]c2ccccc2)[Si](CC)(CC)CC)[C@@H]1C(C)=O. The number of rotatable bonds is 12. The molecule has 1 aliphatic rings. The third-order valence-electron chi connectivity index (χ3n) is 6.98. The number of ether oxygens (including phenoxy) is 2. The molecule has 0 saturated heterocycles. The Morgan fingerprint density at radius 1 is 0.935 bits per heavy atom. The molecule has 1 aromatic carbocycles. The normalized spacial score (nSPS) is 20.6. The molecule has 0 spiro atoms. The Labute approximate surface area is 193 Å². The van der Waals surface area contributed by atoms with Crippen LogP contribution in [0.5, 0.6) is 0 Å². The van der Waals surface area contributed by atoms with Crippen LogP contribution in [0.25, 0.3) is 0 Å². The summed E-state index contributed by atoms with van der Waals surface area (Å²) >= 11 is 0.0363. The number of hydrogen-bond acceptors (Lipinski definition) is 5. The van der Waals surface area contributed by atoms with Gasteiger partial charge in [0.2, 0.25) is 0 Å². The molecule has 3 atom stereocenters. The van der Waals surface area contributed by atoms with E-state index in [1.807, 2.05) is 18.2 Å². The van der Waals surface area contributed by atoms with E-state index in [2.05, 4.69) is 32.9 Å². The first-order chi connectivity index (χ1) is 14.8. The van der Waals surface area contributed by atoms with Crippen LogP contribution in [0, 0.1) is 17.3 Å². The molecule has 0 heterocycles. The average Bonchev–Trinajstić information content (AvgIpc) is 3.47. The van der Waals surface area contributed by atoms with Gasteiger partial charge in [-0.25, -0.2) is 0 Å². The van der Waals surface area contributed by atoms with E-state index in [0.29, 0.717) is 0 Å². The summed E-state index contributed by atoms with van der Waals surface area (Å²) in [6, 6.07) is 13.5. The molecule has 1 saturated carbocycles. The summed E-state index contributed by atoms with van der Waals surface area (Å²) in [5, 5.41) is 0. The Morgan fingerprint density at radius 3 is 1.81 bits per heavy atom. The molecule has 1 fully saturated rings. The number of carbonyl (C=O) groups excluding carboxylic acids is 3. The molecule has 1 aromatic rings. The Morgan fingerprint density at radius 2 is 1.42 bits per heavy atom. The van der Waals surface area contributed by atoms with Crippen molar-refractivity contribution in [2.75, 3.05) is 13.2 Å². The third kappa shape index (κ3) is 4.69. The van der Waals surface area contributed by atoms with Gasteiger partial charge >= 0.3 is 194 Å². The quantitative estimate of drug-likeness (QED) is 0.243. The van der Waals surface area contributed by atoms with Gasteiger partial charge in [-0.05, 0) is 0 Å². The second-order valence-electron chi connectivity index (χ2n) is 8.20. The predicted molar refractivity (Wildman–Crippen MR) is 126 cm³/mol. The van der Waals surface area contributed by atoms with E-state index in [9.17, 15) is 14.4 Å². The molecule has 31 heavy (non-hydrogen) atoms. The molecule has 2 rings (SSSR count). The van der Waals surface area contributed by atoms with Crippen molar-refractivity contribution < 1.29 is 23.9 Å². The van der Waals surface area contributed by atoms with Crippen molar-refractivity contribution in [2.24, 2.45) is 17.3 Å². The molecule has 0 aromatic heterocycles. The van der Waals surface area contributed by atoms with Gasteiger partial charge in [-0.3, -0.25) is 0 Å². The number of Topliss-reactive ketones (excluding diaryl/α,β-unsaturated/α-hetero) is 1. The number of esters is 2. The van der Waals surface area contributed by atoms with Gasteiger partial charge < -0.3 is 0 Å². The minimum atomic E-state index is -1.88. The van der Waals surface area contributed by atoms with Gasteiger partial charge in [0.1, 0.15) is 0 Å². The predicted octanol–water partition coefficient (Wildman–Crippen LogP) is 3.80. The first-order valence-electron chi connectivity index (χ1n) is 11.4. The fraction of sp³-hybridized carbons (Fsp3) is 0.625. The zero-order valence-corrected chi connectivity index (χ0v) is 22.3. The first-order valence-corrected chi connectivity index (χ1v) is 15.9. The zero-order valence-electron chi connectivity index (χ0n) is 19.6. The summed E-state index contributed by atoms with van der Waals surface area (Å²) < 4.78 is 12.2. The van der Waals surface area contributed by atoms with Crippen LogP contribution >= 0.6 is 0 Å². The second kappa shape index (κ2) is 10.9. The molecular weight excluding hydrogens is 475 g/mol. The molecule has 0 amide bonds. The van der Waals surface area contributed by atoms with Gasteiger partial charge in [-0.15, -0.1) is 0 Å². The Hall–Kier alpha value is -1.43. The summed E-state index contributed by atoms with van der Waals surface area (Å²) in [5.41, 5.74) is -1.49. The fourth-order valence-electron chi connectivity index (χ4n) is 5.09. The van der Waals surface area contributed by atoms with E-state index < -0.39 is 31.3 Å². The van der Waals surface area contributed by atoms with Crippen molar-refractivity contribution in [3.05, 3.63) is 30.3 Å². The third-order valence-corrected chi connectivity index (χ3v) is 18.8. The van der Waals surface area contributed by atoms with Gasteiger partial charge in [0.15, 0.2) is 0 Å². The number of benzene rings is 1. The average molecular weight is 512 g/mol. The van der Waals surface area contributed by atoms with Crippen molar-refractivity contribution >= 4 is 45.2 Å². The van der Waals surface area contributed by atoms with Crippen LogP contribution in [0.1, 0.15) is 41.5 Å². The molecule has 7 heteroatoms. The van der Waals surface area contributed by atoms with E-state index >= 15 is 0 Å². The van der Waals surface area contributed by atoms with Crippen molar-refractivity contribution in [3.8, 4) is 0 Å². The number of hydrogen-bond donors (Lipinski definition) is 0. The molecule has 0 unspecified atom stereocenters. The molecule has 1 aliphatic carbocycles. The number of ketones is 1. The molecular formula is C24H36O5SeSi. The monoisotopic (exact) mass is 512 g/mol. The molecule has 172 valence electrons. The van der Waals surface area contributed by atoms with Gasteiger partial charge in [-0.1, -0.05) is 0 Å². The van der Waals surface area contributed by atoms with Crippen molar-refractivity contribution in [3.63, 3.8) is 0 Å². The fourth-order valence-corrected chi connectivity index (χ4v) is 17.1. The Balaban J connectivity index is 2.66. The van der Waals surface area contributed by atoms with E-state index in [1.165, 1.54) is 11.4 Å². The van der Waals surface area contributed by atoms with Gasteiger partial charge in [0, 0.05) is 0 Å². The molecule has 0 N–H and O–H groups in total. The van der Waals surface area contributed by atoms with Gasteiger partial charge in [-0.2, -0.15) is 0 Å². The topological polar surface area (TPSA) is 69.7 Å². The second-order valence-corrected chi connectivity index (χ2v) is 17.2. The molecule has 0 radical (unpaired) electrons. The van der Waals surface area contributed by atoms with Gasteiger partial charge in [0.25, 0.3) is 0 Å². The zero-order chi connectivity index (χ0) is 23.2. The van der Waals surface area contributed by atoms with E-state index in [0.717, 1.165) is 18.1 Å².